The van der Waals surface area contributed by atoms with Crippen LogP contribution in [-0.4, -0.2) is 189 Å². The minimum atomic E-state index is 0.519. The highest BCUT2D eigenvalue weighted by Crippen LogP contribution is 2.42. The first kappa shape index (κ1) is 72.7. The van der Waals surface area contributed by atoms with Crippen LogP contribution >= 0.6 is 0 Å². The summed E-state index contributed by atoms with van der Waals surface area (Å²) in [7, 11) is 26.3. The van der Waals surface area contributed by atoms with Crippen molar-refractivity contribution in [2.75, 3.05) is 111 Å². The molecule has 0 atom stereocenters. The van der Waals surface area contributed by atoms with Crippen LogP contribution in [0.4, 0.5) is 0 Å². The van der Waals surface area contributed by atoms with Crippen molar-refractivity contribution >= 4 is 0 Å². The fraction of sp³-hybridized carbons (Fsp3) is 0.579. The van der Waals surface area contributed by atoms with Crippen LogP contribution < -0.4 is 18.9 Å². The number of benzene rings is 4. The molecule has 0 fully saturated rings. The zero-order valence-corrected chi connectivity index (χ0v) is 61.5. The summed E-state index contributed by atoms with van der Waals surface area (Å²) in [5, 5.41) is 38.0. The van der Waals surface area contributed by atoms with E-state index in [9.17, 15) is 0 Å². The van der Waals surface area contributed by atoms with Gasteiger partial charge in [-0.05, 0) is 141 Å². The first-order valence-electron chi connectivity index (χ1n) is 35.7. The van der Waals surface area contributed by atoms with Crippen molar-refractivity contribution in [3.63, 3.8) is 0 Å². The predicted octanol–water partition coefficient (Wildman–Crippen LogP) is 12.0. The Labute approximate surface area is 573 Å². The Kier molecular flexibility index (Phi) is 25.1. The SMILES string of the molecule is CCCCCOc1c2cc(Cn3cc(C[N+](C)(C)C)nn3)cc1Cc1cc(Cn3cc(C[N+](C)(C)C)nn3)cc(c1OCCCCC)Cc1cc(Cn3cc(C[N+](C)(C)C)nn3)cc(c1OCCCCC)Cc1cc(Cn3cc(C[N+](C)(C)C)nn3)cc(c1OCCCCC)C2. The van der Waals surface area contributed by atoms with Crippen LogP contribution in [-0.2, 0) is 78.0 Å². The molecular weight excluding hydrogens is 1200 g/mol. The summed E-state index contributed by atoms with van der Waals surface area (Å²) in [4.78, 5) is 0. The van der Waals surface area contributed by atoms with E-state index in [1.807, 2.05) is 18.7 Å². The molecule has 96 heavy (non-hydrogen) atoms. The monoisotopic (exact) mass is 1320 g/mol. The molecule has 9 rings (SSSR count). The first-order chi connectivity index (χ1) is 45.8. The predicted molar refractivity (Wildman–Crippen MR) is 381 cm³/mol. The molecule has 1 aliphatic rings. The molecule has 0 N–H and O–H groups in total. The lowest BCUT2D eigenvalue weighted by molar-refractivity contribution is -0.884. The van der Waals surface area contributed by atoms with Gasteiger partial charge < -0.3 is 36.9 Å². The number of hydrogen-bond acceptors (Lipinski definition) is 12. The van der Waals surface area contributed by atoms with Crippen LogP contribution in [0.25, 0.3) is 0 Å². The third kappa shape index (κ3) is 22.3. The molecule has 0 aliphatic heterocycles. The number of fused-ring (bicyclic) bond motifs is 8. The molecule has 20 nitrogen and oxygen atoms in total. The second-order valence-electron chi connectivity index (χ2n) is 31.3. The average Bonchev–Trinajstić information content (AvgIpc) is 1.61. The lowest BCUT2D eigenvalue weighted by atomic mass is 9.88. The second kappa shape index (κ2) is 33.2. The lowest BCUT2D eigenvalue weighted by Gasteiger charge is -2.25. The number of nitrogens with zero attached hydrogens (tertiary/aromatic N) is 16. The van der Waals surface area contributed by atoms with Gasteiger partial charge in [0.05, 0.1) is 162 Å². The molecule has 8 aromatic rings. The molecule has 4 heterocycles. The fourth-order valence-electron chi connectivity index (χ4n) is 13.0. The highest BCUT2D eigenvalue weighted by atomic mass is 16.5. The Morgan fingerprint density at radius 3 is 0.646 bits per heavy atom. The quantitative estimate of drug-likeness (QED) is 0.0271. The fourth-order valence-corrected chi connectivity index (χ4v) is 13.0. The molecule has 8 bridgehead atoms. The van der Waals surface area contributed by atoms with Crippen molar-refractivity contribution < 1.29 is 36.9 Å². The Morgan fingerprint density at radius 2 is 0.479 bits per heavy atom. The molecule has 4 aromatic carbocycles. The highest BCUT2D eigenvalue weighted by molar-refractivity contribution is 5.59. The van der Waals surface area contributed by atoms with Crippen molar-refractivity contribution in [2.45, 2.75) is 183 Å². The zero-order valence-electron chi connectivity index (χ0n) is 61.5. The summed E-state index contributed by atoms with van der Waals surface area (Å²) in [5.41, 5.74) is 16.9. The van der Waals surface area contributed by atoms with E-state index < -0.39 is 0 Å². The molecule has 520 valence electrons. The molecule has 4 aromatic heterocycles. The van der Waals surface area contributed by atoms with Gasteiger partial charge in [-0.3, -0.25) is 0 Å². The van der Waals surface area contributed by atoms with Gasteiger partial charge in [-0.2, -0.15) is 0 Å². The molecule has 0 unspecified atom stereocenters. The molecule has 0 radical (unpaired) electrons. The number of rotatable bonds is 36. The van der Waals surface area contributed by atoms with E-state index in [1.165, 1.54) is 0 Å². The van der Waals surface area contributed by atoms with Crippen LogP contribution in [0.2, 0.25) is 0 Å². The van der Waals surface area contributed by atoms with Gasteiger partial charge in [0.25, 0.3) is 0 Å². The average molecular weight is 1320 g/mol. The molecule has 1 aliphatic carbocycles. The van der Waals surface area contributed by atoms with E-state index >= 15 is 0 Å². The Morgan fingerprint density at radius 1 is 0.292 bits per heavy atom. The maximum absolute atomic E-state index is 7.36. The third-order valence-electron chi connectivity index (χ3n) is 17.0. The van der Waals surface area contributed by atoms with E-state index in [0.29, 0.717) is 78.3 Å². The van der Waals surface area contributed by atoms with Gasteiger partial charge >= 0.3 is 0 Å². The molecule has 0 spiro atoms. The standard InChI is InChI=1S/C76H116N16O4/c1-17-21-25-29-93-73-61-33-57(45-85-49-69(77-81-85)53-89(5,6)7)34-62(73)42-64-36-59(47-87-51-71(79-83-87)55-91(11,12)13)38-66(75(64)95-31-27-23-19-3)44-68-40-60(48-88-52-72(80-84-88)56-92(14,15)16)39-67(76(68)96-32-28-24-20-4)43-65-37-58(35-63(41-61)74(65)94-30-26-22-18-2)46-86-50-70(78-82-86)54-90(8,9)10/h33-40,49-52H,17-32,41-48,53-56H2,1-16H3/q+4. The number of ether oxygens (including phenoxy) is 4. The third-order valence-corrected chi connectivity index (χ3v) is 17.0. The summed E-state index contributed by atoms with van der Waals surface area (Å²) in [5.74, 6) is 3.60. The zero-order chi connectivity index (χ0) is 68.6. The van der Waals surface area contributed by atoms with Gasteiger partial charge in [0.1, 0.15) is 72.0 Å². The number of quaternary nitrogens is 4. The molecule has 0 saturated heterocycles. The van der Waals surface area contributed by atoms with Crippen molar-refractivity contribution in [3.05, 3.63) is 163 Å². The summed E-state index contributed by atoms with van der Waals surface area (Å²) in [6.07, 6.45) is 22.9. The first-order valence-corrected chi connectivity index (χ1v) is 35.7. The van der Waals surface area contributed by atoms with E-state index in [1.54, 1.807) is 0 Å². The molecule has 0 amide bonds. The van der Waals surface area contributed by atoms with Crippen molar-refractivity contribution in [3.8, 4) is 23.0 Å². The van der Waals surface area contributed by atoms with Crippen LogP contribution in [0.15, 0.2) is 73.3 Å². The minimum Gasteiger partial charge on any atom is -0.493 e. The molecular formula is C76H116N16O4+4. The van der Waals surface area contributed by atoms with E-state index in [4.69, 9.17) is 60.2 Å². The lowest BCUT2D eigenvalue weighted by Crippen LogP contribution is -2.33. The summed E-state index contributed by atoms with van der Waals surface area (Å²) < 4.78 is 40.4. The van der Waals surface area contributed by atoms with E-state index in [2.05, 4.69) is 186 Å². The van der Waals surface area contributed by atoms with Crippen molar-refractivity contribution in [1.29, 1.82) is 0 Å². The Hall–Kier alpha value is -7.52. The van der Waals surface area contributed by atoms with Gasteiger partial charge in [0.15, 0.2) is 0 Å². The maximum atomic E-state index is 7.36. The van der Waals surface area contributed by atoms with Gasteiger partial charge in [-0.15, -0.1) is 20.4 Å². The number of unbranched alkanes of at least 4 members (excludes halogenated alkanes) is 8. The van der Waals surface area contributed by atoms with Gasteiger partial charge in [-0.1, -0.05) is 99.9 Å². The van der Waals surface area contributed by atoms with E-state index in [0.717, 1.165) is 234 Å². The minimum absolute atomic E-state index is 0.519. The summed E-state index contributed by atoms with van der Waals surface area (Å²) >= 11 is 0. The van der Waals surface area contributed by atoms with E-state index in [-0.39, 0.29) is 0 Å². The van der Waals surface area contributed by atoms with Crippen LogP contribution in [0, 0.1) is 0 Å². The topological polar surface area (TPSA) is 160 Å². The van der Waals surface area contributed by atoms with Crippen molar-refractivity contribution in [2.24, 2.45) is 0 Å². The van der Waals surface area contributed by atoms with Gasteiger partial charge in [0, 0.05) is 25.7 Å². The smallest absolute Gasteiger partial charge is 0.137 e. The Balaban J connectivity index is 1.35. The summed E-state index contributed by atoms with van der Waals surface area (Å²) in [6, 6.07) is 18.9. The molecule has 20 heteroatoms. The van der Waals surface area contributed by atoms with Gasteiger partial charge in [0.2, 0.25) is 0 Å². The van der Waals surface area contributed by atoms with Gasteiger partial charge in [-0.25, -0.2) is 18.7 Å². The largest absolute Gasteiger partial charge is 0.493 e. The van der Waals surface area contributed by atoms with Crippen LogP contribution in [0.5, 0.6) is 23.0 Å². The molecule has 0 saturated carbocycles. The van der Waals surface area contributed by atoms with Crippen molar-refractivity contribution in [1.82, 2.24) is 60.0 Å². The van der Waals surface area contributed by atoms with Crippen LogP contribution in [0.3, 0.4) is 0 Å². The maximum Gasteiger partial charge on any atom is 0.137 e. The summed E-state index contributed by atoms with van der Waals surface area (Å²) in [6.45, 7) is 16.4. The number of hydrogen-bond donors (Lipinski definition) is 0. The number of aromatic nitrogens is 12. The normalized spacial score (nSPS) is 13.0. The second-order valence-corrected chi connectivity index (χ2v) is 31.3. The van der Waals surface area contributed by atoms with Crippen LogP contribution in [0.1, 0.15) is 194 Å². The Bertz CT molecular complexity index is 3190. The highest BCUT2D eigenvalue weighted by Gasteiger charge is 2.27.